The number of likely N-dealkylation sites (tertiary alicyclic amines) is 1. The summed E-state index contributed by atoms with van der Waals surface area (Å²) in [5.41, 5.74) is -0.122. The van der Waals surface area contributed by atoms with Crippen molar-refractivity contribution in [3.05, 3.63) is 64.9 Å². The number of fused-ring (bicyclic) bond motifs is 1. The molecule has 208 valence electrons. The maximum Gasteiger partial charge on any atom is 0.255 e. The second kappa shape index (κ2) is 9.56. The standard InChI is InChI=1S/C28H29FN6O5/c1-27(2)14-34(12-16-3-6-20(30-11-16)24-31-15-40-33-24)10-9-28(27,39)19-5-4-17-18(23(19)29)13-35(26(17)38)21-7-8-22(36)32-25(21)37/h3-6,11,15,21,39H,7-10,12-14H2,1-2H3,(H,32,36,37)/t21-,28+/m1/s1. The lowest BCUT2D eigenvalue weighted by atomic mass is 9.66. The van der Waals surface area contributed by atoms with Crippen molar-refractivity contribution in [1.29, 1.82) is 0 Å². The molecule has 2 saturated heterocycles. The van der Waals surface area contributed by atoms with Gasteiger partial charge >= 0.3 is 0 Å². The van der Waals surface area contributed by atoms with Gasteiger partial charge in [0.15, 0.2) is 0 Å². The number of piperidine rings is 2. The number of nitrogens with one attached hydrogen (secondary N) is 1. The van der Waals surface area contributed by atoms with E-state index in [1.165, 1.54) is 17.4 Å². The Morgan fingerprint density at radius 3 is 2.67 bits per heavy atom. The molecule has 6 rings (SSSR count). The van der Waals surface area contributed by atoms with E-state index in [0.29, 0.717) is 31.2 Å². The second-order valence-electron chi connectivity index (χ2n) is 11.4. The van der Waals surface area contributed by atoms with Crippen LogP contribution in [-0.2, 0) is 28.3 Å². The minimum atomic E-state index is -1.48. The van der Waals surface area contributed by atoms with E-state index in [4.69, 9.17) is 4.52 Å². The first-order chi connectivity index (χ1) is 19.1. The molecule has 3 amide bonds. The highest BCUT2D eigenvalue weighted by molar-refractivity contribution is 6.05. The van der Waals surface area contributed by atoms with Crippen molar-refractivity contribution in [2.75, 3.05) is 13.1 Å². The molecule has 5 heterocycles. The number of halogens is 1. The van der Waals surface area contributed by atoms with Crippen molar-refractivity contribution >= 4 is 17.7 Å². The number of rotatable bonds is 5. The van der Waals surface area contributed by atoms with Gasteiger partial charge in [-0.2, -0.15) is 4.98 Å². The van der Waals surface area contributed by atoms with Crippen LogP contribution in [0.25, 0.3) is 11.5 Å². The number of hydrogen-bond acceptors (Lipinski definition) is 9. The predicted octanol–water partition coefficient (Wildman–Crippen LogP) is 2.15. The Morgan fingerprint density at radius 2 is 2.00 bits per heavy atom. The Morgan fingerprint density at radius 1 is 1.18 bits per heavy atom. The summed E-state index contributed by atoms with van der Waals surface area (Å²) in [5.74, 6) is -1.59. The van der Waals surface area contributed by atoms with Gasteiger partial charge in [0, 0.05) is 54.4 Å². The zero-order chi connectivity index (χ0) is 28.2. The summed E-state index contributed by atoms with van der Waals surface area (Å²) in [6.07, 6.45) is 3.60. The lowest BCUT2D eigenvalue weighted by Gasteiger charge is -2.50. The Balaban J connectivity index is 1.19. The molecule has 0 bridgehead atoms. The fourth-order valence-corrected chi connectivity index (χ4v) is 6.18. The van der Waals surface area contributed by atoms with E-state index in [1.807, 2.05) is 26.0 Å². The van der Waals surface area contributed by atoms with Gasteiger partial charge in [0.25, 0.3) is 5.91 Å². The van der Waals surface area contributed by atoms with Crippen molar-refractivity contribution in [1.82, 2.24) is 30.2 Å². The quantitative estimate of drug-likeness (QED) is 0.459. The van der Waals surface area contributed by atoms with Crippen molar-refractivity contribution in [2.24, 2.45) is 5.41 Å². The highest BCUT2D eigenvalue weighted by Gasteiger charge is 2.51. The van der Waals surface area contributed by atoms with Gasteiger partial charge in [0.2, 0.25) is 24.0 Å². The lowest BCUT2D eigenvalue weighted by Crippen LogP contribution is -2.55. The third-order valence-corrected chi connectivity index (χ3v) is 8.44. The van der Waals surface area contributed by atoms with E-state index in [-0.39, 0.29) is 48.4 Å². The van der Waals surface area contributed by atoms with E-state index in [0.717, 1.165) is 5.56 Å². The van der Waals surface area contributed by atoms with Crippen LogP contribution in [0.3, 0.4) is 0 Å². The summed E-state index contributed by atoms with van der Waals surface area (Å²) in [7, 11) is 0. The molecule has 2 aromatic heterocycles. The smallest absolute Gasteiger partial charge is 0.255 e. The summed E-state index contributed by atoms with van der Waals surface area (Å²) in [4.78, 5) is 48.9. The van der Waals surface area contributed by atoms with Gasteiger partial charge in [0.05, 0.1) is 12.1 Å². The number of pyridine rings is 1. The normalized spacial score (nSPS) is 24.8. The molecule has 0 unspecified atom stereocenters. The number of amides is 3. The van der Waals surface area contributed by atoms with Crippen molar-refractivity contribution < 1.29 is 28.4 Å². The number of carbonyl (C=O) groups is 3. The molecule has 3 aliphatic rings. The zero-order valence-electron chi connectivity index (χ0n) is 22.2. The van der Waals surface area contributed by atoms with E-state index in [9.17, 15) is 19.5 Å². The molecule has 0 radical (unpaired) electrons. The Bertz CT molecular complexity index is 1490. The summed E-state index contributed by atoms with van der Waals surface area (Å²) >= 11 is 0. The predicted molar refractivity (Wildman–Crippen MR) is 138 cm³/mol. The average molecular weight is 549 g/mol. The van der Waals surface area contributed by atoms with Crippen LogP contribution in [0.4, 0.5) is 4.39 Å². The van der Waals surface area contributed by atoms with E-state index in [2.05, 4.69) is 25.3 Å². The summed E-state index contributed by atoms with van der Waals surface area (Å²) in [6, 6.07) is 5.97. The van der Waals surface area contributed by atoms with Gasteiger partial charge < -0.3 is 14.5 Å². The Kier molecular flexibility index (Phi) is 6.26. The van der Waals surface area contributed by atoms with Gasteiger partial charge in [-0.3, -0.25) is 29.6 Å². The first-order valence-electron chi connectivity index (χ1n) is 13.2. The van der Waals surface area contributed by atoms with Crippen LogP contribution in [0.15, 0.2) is 41.4 Å². The molecule has 3 aromatic rings. The Labute approximate surface area is 229 Å². The molecule has 2 fully saturated rings. The maximum absolute atomic E-state index is 16.1. The third-order valence-electron chi connectivity index (χ3n) is 8.44. The van der Waals surface area contributed by atoms with Gasteiger partial charge in [-0.15, -0.1) is 0 Å². The van der Waals surface area contributed by atoms with Gasteiger partial charge in [0.1, 0.15) is 17.6 Å². The molecule has 3 aliphatic heterocycles. The molecular weight excluding hydrogens is 519 g/mol. The fraction of sp³-hybridized carbons (Fsp3) is 0.429. The monoisotopic (exact) mass is 548 g/mol. The summed E-state index contributed by atoms with van der Waals surface area (Å²) < 4.78 is 20.9. The number of benzene rings is 1. The van der Waals surface area contributed by atoms with E-state index in [1.54, 1.807) is 12.3 Å². The average Bonchev–Trinajstić information content (AvgIpc) is 3.56. The van der Waals surface area contributed by atoms with Crippen molar-refractivity contribution in [3.63, 3.8) is 0 Å². The molecule has 40 heavy (non-hydrogen) atoms. The molecule has 0 saturated carbocycles. The fourth-order valence-electron chi connectivity index (χ4n) is 6.18. The van der Waals surface area contributed by atoms with Crippen LogP contribution in [0.1, 0.15) is 60.2 Å². The minimum absolute atomic E-state index is 0.0877. The number of imide groups is 1. The summed E-state index contributed by atoms with van der Waals surface area (Å²) in [6.45, 7) is 5.34. The zero-order valence-corrected chi connectivity index (χ0v) is 22.2. The highest BCUT2D eigenvalue weighted by Crippen LogP contribution is 2.48. The van der Waals surface area contributed by atoms with E-state index >= 15 is 4.39 Å². The SMILES string of the molecule is CC1(C)CN(Cc2ccc(-c3ncon3)nc2)CC[C@]1(O)c1ccc2c(c1F)CN([C@@H]1CCC(=O)NC1=O)C2=O. The topological polar surface area (TPSA) is 142 Å². The number of aromatic nitrogens is 3. The Hall–Kier alpha value is -4.03. The van der Waals surface area contributed by atoms with Crippen LogP contribution >= 0.6 is 0 Å². The van der Waals surface area contributed by atoms with Gasteiger partial charge in [-0.1, -0.05) is 31.1 Å². The number of aliphatic hydroxyl groups is 1. The van der Waals surface area contributed by atoms with Crippen LogP contribution in [0, 0.1) is 11.2 Å². The number of carbonyl (C=O) groups excluding carboxylic acids is 3. The van der Waals surface area contributed by atoms with Crippen LogP contribution in [0.5, 0.6) is 0 Å². The molecule has 1 aromatic carbocycles. The minimum Gasteiger partial charge on any atom is -0.384 e. The molecule has 0 aliphatic carbocycles. The summed E-state index contributed by atoms with van der Waals surface area (Å²) in [5, 5.41) is 18.0. The van der Waals surface area contributed by atoms with Crippen LogP contribution in [0.2, 0.25) is 0 Å². The van der Waals surface area contributed by atoms with Gasteiger partial charge in [-0.25, -0.2) is 4.39 Å². The first kappa shape index (κ1) is 26.2. The molecule has 2 N–H and O–H groups in total. The molecule has 11 nitrogen and oxygen atoms in total. The highest BCUT2D eigenvalue weighted by atomic mass is 19.1. The van der Waals surface area contributed by atoms with Gasteiger partial charge in [-0.05, 0) is 30.5 Å². The van der Waals surface area contributed by atoms with Crippen LogP contribution < -0.4 is 5.32 Å². The molecule has 12 heteroatoms. The van der Waals surface area contributed by atoms with Crippen molar-refractivity contribution in [3.8, 4) is 11.5 Å². The lowest BCUT2D eigenvalue weighted by molar-refractivity contribution is -0.137. The second-order valence-corrected chi connectivity index (χ2v) is 11.4. The third kappa shape index (κ3) is 4.27. The first-order valence-corrected chi connectivity index (χ1v) is 13.2. The molecule has 0 spiro atoms. The number of nitrogens with zero attached hydrogens (tertiary/aromatic N) is 5. The van der Waals surface area contributed by atoms with Crippen molar-refractivity contribution in [2.45, 2.75) is 57.8 Å². The maximum atomic E-state index is 16.1. The molecular formula is C28H29FN6O5. The number of hydrogen-bond donors (Lipinski definition) is 2. The van der Waals surface area contributed by atoms with Crippen LogP contribution in [-0.4, -0.2) is 66.9 Å². The van der Waals surface area contributed by atoms with E-state index < -0.39 is 34.7 Å². The largest absolute Gasteiger partial charge is 0.384 e. The molecule has 2 atom stereocenters.